The summed E-state index contributed by atoms with van der Waals surface area (Å²) in [5, 5.41) is 7.50. The van der Waals surface area contributed by atoms with Gasteiger partial charge in [0.15, 0.2) is 11.5 Å². The summed E-state index contributed by atoms with van der Waals surface area (Å²) in [5.41, 5.74) is 3.51. The molecule has 0 saturated heterocycles. The van der Waals surface area contributed by atoms with Crippen LogP contribution in [0.25, 0.3) is 11.2 Å². The molecule has 2 N–H and O–H groups in total. The molecule has 8 heteroatoms. The molecule has 0 saturated carbocycles. The number of amides is 1. The van der Waals surface area contributed by atoms with E-state index in [1.165, 1.54) is 0 Å². The van der Waals surface area contributed by atoms with Crippen LogP contribution in [0.2, 0.25) is 0 Å². The lowest BCUT2D eigenvalue weighted by atomic mass is 10.1. The van der Waals surface area contributed by atoms with Crippen LogP contribution >= 0.6 is 0 Å². The second-order valence-corrected chi connectivity index (χ2v) is 7.72. The fraction of sp³-hybridized carbons (Fsp3) is 0.444. The molecule has 4 rings (SSSR count). The average molecular weight is 353 g/mol. The normalized spacial score (nSPS) is 14.5. The molecule has 0 aliphatic carbocycles. The van der Waals surface area contributed by atoms with E-state index in [0.717, 1.165) is 36.6 Å². The van der Waals surface area contributed by atoms with E-state index < -0.39 is 0 Å². The van der Waals surface area contributed by atoms with Crippen LogP contribution in [0.1, 0.15) is 43.2 Å². The van der Waals surface area contributed by atoms with Gasteiger partial charge in [0, 0.05) is 31.5 Å². The van der Waals surface area contributed by atoms with Crippen molar-refractivity contribution in [3.63, 3.8) is 0 Å². The first kappa shape index (κ1) is 16.6. The van der Waals surface area contributed by atoms with Crippen molar-refractivity contribution in [2.75, 3.05) is 11.4 Å². The van der Waals surface area contributed by atoms with Crippen molar-refractivity contribution in [3.8, 4) is 0 Å². The molecule has 0 radical (unpaired) electrons. The Labute approximate surface area is 151 Å². The fourth-order valence-electron chi connectivity index (χ4n) is 3.28. The van der Waals surface area contributed by atoms with Crippen molar-refractivity contribution in [1.29, 1.82) is 0 Å². The highest BCUT2D eigenvalue weighted by Crippen LogP contribution is 2.32. The summed E-state index contributed by atoms with van der Waals surface area (Å²) >= 11 is 0. The molecule has 4 heterocycles. The first-order chi connectivity index (χ1) is 12.3. The van der Waals surface area contributed by atoms with E-state index in [2.05, 4.69) is 25.3 Å². The number of aromatic nitrogens is 5. The number of hydrogen-bond acceptors (Lipinski definition) is 5. The number of carbonyl (C=O) groups is 1. The number of nitrogens with one attached hydrogen (secondary N) is 2. The van der Waals surface area contributed by atoms with Crippen LogP contribution in [-0.4, -0.2) is 42.7 Å². The van der Waals surface area contributed by atoms with Gasteiger partial charge in [0.25, 0.3) is 5.91 Å². The van der Waals surface area contributed by atoms with Gasteiger partial charge in [-0.15, -0.1) is 0 Å². The van der Waals surface area contributed by atoms with Gasteiger partial charge >= 0.3 is 0 Å². The van der Waals surface area contributed by atoms with E-state index in [1.807, 2.05) is 38.7 Å². The van der Waals surface area contributed by atoms with Gasteiger partial charge in [-0.3, -0.25) is 9.48 Å². The predicted octanol–water partition coefficient (Wildman–Crippen LogP) is 2.30. The highest BCUT2D eigenvalue weighted by molar-refractivity contribution is 6.05. The number of H-pyrrole nitrogens is 1. The Morgan fingerprint density at radius 3 is 2.92 bits per heavy atom. The Morgan fingerprint density at radius 1 is 1.35 bits per heavy atom. The second-order valence-electron chi connectivity index (χ2n) is 7.72. The minimum atomic E-state index is -0.316. The number of fused-ring (bicyclic) bond motifs is 2. The van der Waals surface area contributed by atoms with Crippen LogP contribution in [0.5, 0.6) is 0 Å². The quantitative estimate of drug-likeness (QED) is 0.738. The molecular formula is C18H23N7O. The standard InChI is InChI=1S/C18H23N7O/c1-18(2,3)22-17(26)11-8-19-16-15(11)21-14(9-20-16)25-7-5-6-12-13(25)10-24(4)23-12/h8-10H,5-7H2,1-4H3,(H,19,20)(H,22,26). The molecule has 0 atom stereocenters. The van der Waals surface area contributed by atoms with Gasteiger partial charge < -0.3 is 15.2 Å². The van der Waals surface area contributed by atoms with Gasteiger partial charge in [-0.2, -0.15) is 5.10 Å². The molecule has 8 nitrogen and oxygen atoms in total. The van der Waals surface area contributed by atoms with Gasteiger partial charge in [0.05, 0.1) is 23.1 Å². The fourth-order valence-corrected chi connectivity index (χ4v) is 3.28. The maximum Gasteiger partial charge on any atom is 0.255 e. The molecule has 1 amide bonds. The zero-order valence-electron chi connectivity index (χ0n) is 15.5. The molecule has 1 aliphatic heterocycles. The monoisotopic (exact) mass is 353 g/mol. The maximum absolute atomic E-state index is 12.6. The minimum absolute atomic E-state index is 0.157. The zero-order valence-corrected chi connectivity index (χ0v) is 15.5. The first-order valence-corrected chi connectivity index (χ1v) is 8.78. The third kappa shape index (κ3) is 2.91. The van der Waals surface area contributed by atoms with Crippen molar-refractivity contribution in [3.05, 3.63) is 29.8 Å². The van der Waals surface area contributed by atoms with E-state index in [0.29, 0.717) is 16.7 Å². The lowest BCUT2D eigenvalue weighted by Gasteiger charge is -2.26. The number of carbonyl (C=O) groups excluding carboxylic acids is 1. The summed E-state index contributed by atoms with van der Waals surface area (Å²) in [6, 6.07) is 0. The van der Waals surface area contributed by atoms with Crippen molar-refractivity contribution in [1.82, 2.24) is 30.0 Å². The number of rotatable bonds is 2. The Kier molecular flexibility index (Phi) is 3.71. The van der Waals surface area contributed by atoms with Crippen LogP contribution in [0.3, 0.4) is 0 Å². The lowest BCUT2D eigenvalue weighted by Crippen LogP contribution is -2.40. The van der Waals surface area contributed by atoms with Gasteiger partial charge in [0.1, 0.15) is 5.52 Å². The Bertz CT molecular complexity index is 979. The van der Waals surface area contributed by atoms with Gasteiger partial charge in [-0.25, -0.2) is 9.97 Å². The number of aryl methyl sites for hydroxylation is 2. The molecule has 3 aromatic heterocycles. The van der Waals surface area contributed by atoms with Crippen LogP contribution < -0.4 is 10.2 Å². The lowest BCUT2D eigenvalue weighted by molar-refractivity contribution is 0.0921. The molecular weight excluding hydrogens is 330 g/mol. The first-order valence-electron chi connectivity index (χ1n) is 8.78. The molecule has 3 aromatic rings. The predicted molar refractivity (Wildman–Crippen MR) is 99.6 cm³/mol. The minimum Gasteiger partial charge on any atom is -0.347 e. The largest absolute Gasteiger partial charge is 0.347 e. The third-order valence-corrected chi connectivity index (χ3v) is 4.35. The Balaban J connectivity index is 1.74. The van der Waals surface area contributed by atoms with Gasteiger partial charge in [-0.05, 0) is 33.6 Å². The summed E-state index contributed by atoms with van der Waals surface area (Å²) in [7, 11) is 1.92. The molecule has 26 heavy (non-hydrogen) atoms. The van der Waals surface area contributed by atoms with Crippen molar-refractivity contribution >= 4 is 28.6 Å². The van der Waals surface area contributed by atoms with E-state index in [9.17, 15) is 4.79 Å². The average Bonchev–Trinajstić information content (AvgIpc) is 3.14. The highest BCUT2D eigenvalue weighted by atomic mass is 16.1. The topological polar surface area (TPSA) is 91.7 Å². The van der Waals surface area contributed by atoms with Crippen molar-refractivity contribution < 1.29 is 4.79 Å². The van der Waals surface area contributed by atoms with E-state index in [4.69, 9.17) is 4.98 Å². The Morgan fingerprint density at radius 2 is 2.15 bits per heavy atom. The molecule has 0 spiro atoms. The number of nitrogens with zero attached hydrogens (tertiary/aromatic N) is 5. The van der Waals surface area contributed by atoms with E-state index in [-0.39, 0.29) is 11.4 Å². The summed E-state index contributed by atoms with van der Waals surface area (Å²) in [6.45, 7) is 6.71. The second kappa shape index (κ2) is 5.82. The maximum atomic E-state index is 12.6. The van der Waals surface area contributed by atoms with Crippen molar-refractivity contribution in [2.24, 2.45) is 7.05 Å². The summed E-state index contributed by atoms with van der Waals surface area (Å²) in [6.07, 6.45) is 7.39. The Hall–Kier alpha value is -2.90. The third-order valence-electron chi connectivity index (χ3n) is 4.35. The summed E-state index contributed by atoms with van der Waals surface area (Å²) < 4.78 is 1.83. The number of anilines is 2. The summed E-state index contributed by atoms with van der Waals surface area (Å²) in [5.74, 6) is 0.576. The van der Waals surface area contributed by atoms with Gasteiger partial charge in [0.2, 0.25) is 0 Å². The van der Waals surface area contributed by atoms with Crippen LogP contribution in [0.15, 0.2) is 18.6 Å². The smallest absolute Gasteiger partial charge is 0.255 e. The molecule has 0 unspecified atom stereocenters. The van der Waals surface area contributed by atoms with Crippen LogP contribution in [0.4, 0.5) is 11.5 Å². The summed E-state index contributed by atoms with van der Waals surface area (Å²) in [4.78, 5) is 27.0. The van der Waals surface area contributed by atoms with Crippen LogP contribution in [0, 0.1) is 0 Å². The SMILES string of the molecule is Cn1cc2c(n1)CCCN2c1cnc2[nH]cc(C(=O)NC(C)(C)C)c2n1. The van der Waals surface area contributed by atoms with Crippen LogP contribution in [-0.2, 0) is 13.5 Å². The van der Waals surface area contributed by atoms with Gasteiger partial charge in [-0.1, -0.05) is 0 Å². The molecule has 1 aliphatic rings. The molecule has 0 aromatic carbocycles. The van der Waals surface area contributed by atoms with E-state index in [1.54, 1.807) is 12.4 Å². The zero-order chi connectivity index (χ0) is 18.5. The number of aromatic amines is 1. The number of hydrogen-bond donors (Lipinski definition) is 2. The van der Waals surface area contributed by atoms with E-state index >= 15 is 0 Å². The molecule has 0 fully saturated rings. The molecule has 0 bridgehead atoms. The highest BCUT2D eigenvalue weighted by Gasteiger charge is 2.24. The molecule has 136 valence electrons. The van der Waals surface area contributed by atoms with Crippen molar-refractivity contribution in [2.45, 2.75) is 39.2 Å².